The zero-order valence-corrected chi connectivity index (χ0v) is 32.8. The minimum Gasteiger partial charge on any atom is -0.493 e. The highest BCUT2D eigenvalue weighted by Gasteiger charge is 2.27. The Bertz CT molecular complexity index is 2070. The van der Waals surface area contributed by atoms with Crippen molar-refractivity contribution in [2.75, 3.05) is 39.3 Å². The number of pyridine rings is 1. The van der Waals surface area contributed by atoms with Crippen molar-refractivity contribution in [1.82, 2.24) is 14.8 Å². The van der Waals surface area contributed by atoms with Crippen LogP contribution < -0.4 is 14.2 Å². The van der Waals surface area contributed by atoms with Gasteiger partial charge in [-0.25, -0.2) is 0 Å². The van der Waals surface area contributed by atoms with Gasteiger partial charge >= 0.3 is 11.9 Å². The number of nitrogens with zero attached hydrogens (tertiary/aromatic N) is 4. The predicted molar refractivity (Wildman–Crippen MR) is 213 cm³/mol. The Morgan fingerprint density at radius 3 is 2.23 bits per heavy atom. The van der Waals surface area contributed by atoms with E-state index in [0.29, 0.717) is 54.7 Å². The molecule has 2 fully saturated rings. The molecule has 0 spiro atoms. The molecule has 0 unspecified atom stereocenters. The number of halogens is 1. The second-order valence-corrected chi connectivity index (χ2v) is 15.2. The first-order chi connectivity index (χ1) is 27.1. The number of carbonyl (C=O) groups is 2. The van der Waals surface area contributed by atoms with Gasteiger partial charge in [-0.1, -0.05) is 41.9 Å². The molecule has 11 nitrogen and oxygen atoms in total. The Morgan fingerprint density at radius 1 is 0.821 bits per heavy atom. The molecule has 56 heavy (non-hydrogen) atoms. The summed E-state index contributed by atoms with van der Waals surface area (Å²) in [5.74, 6) is -0.367. The van der Waals surface area contributed by atoms with E-state index < -0.39 is 17.9 Å². The molecule has 4 aromatic rings. The van der Waals surface area contributed by atoms with Crippen LogP contribution in [-0.4, -0.2) is 76.3 Å². The number of piperidine rings is 2. The number of likely N-dealkylation sites (tertiary alicyclic amines) is 2. The fourth-order valence-corrected chi connectivity index (χ4v) is 7.90. The van der Waals surface area contributed by atoms with E-state index in [1.54, 1.807) is 18.3 Å². The molecule has 2 aliphatic rings. The van der Waals surface area contributed by atoms with Crippen LogP contribution >= 0.6 is 11.6 Å². The second kappa shape index (κ2) is 19.1. The quantitative estimate of drug-likeness (QED) is 0.107. The Balaban J connectivity index is 1.15. The lowest BCUT2D eigenvalue weighted by molar-refractivity contribution is -0.144. The number of benzene rings is 3. The molecule has 2 saturated heterocycles. The highest BCUT2D eigenvalue weighted by Crippen LogP contribution is 2.37. The normalized spacial score (nSPS) is 17.5. The van der Waals surface area contributed by atoms with Crippen molar-refractivity contribution in [3.05, 3.63) is 105 Å². The monoisotopic (exact) mass is 780 g/mol. The van der Waals surface area contributed by atoms with Crippen molar-refractivity contribution >= 4 is 23.5 Å². The van der Waals surface area contributed by atoms with Gasteiger partial charge in [-0.05, 0) is 105 Å². The zero-order valence-electron chi connectivity index (χ0n) is 32.0. The van der Waals surface area contributed by atoms with Crippen LogP contribution in [0, 0.1) is 37.0 Å². The highest BCUT2D eigenvalue weighted by atomic mass is 35.5. The van der Waals surface area contributed by atoms with Crippen molar-refractivity contribution in [3.8, 4) is 34.4 Å². The molecule has 2 atom stereocenters. The third-order valence-electron chi connectivity index (χ3n) is 10.8. The maximum Gasteiger partial charge on any atom is 0.307 e. The van der Waals surface area contributed by atoms with Crippen LogP contribution in [0.15, 0.2) is 67.0 Å². The Morgan fingerprint density at radius 2 is 1.50 bits per heavy atom. The largest absolute Gasteiger partial charge is 0.493 e. The van der Waals surface area contributed by atoms with E-state index in [1.807, 2.05) is 30.3 Å². The minimum absolute atomic E-state index is 0.170. The molecule has 0 aliphatic carbocycles. The van der Waals surface area contributed by atoms with Gasteiger partial charge in [0.15, 0.2) is 0 Å². The molecule has 6 rings (SSSR count). The van der Waals surface area contributed by atoms with Gasteiger partial charge in [0.1, 0.15) is 36.5 Å². The number of ether oxygens (including phenoxy) is 3. The molecule has 1 aromatic heterocycles. The standard InChI is InChI=1S/C44H49ClN4O7/c1-29-35(8-3-11-37(29)38-12-4-13-40(30(38)2)54-17-7-16-48-14-5-9-33(24-48)43(50)51)28-56-42-20-41(55-27-32-18-31(21-46)22-47-23-32)36(19-39(42)45)26-49-15-6-10-34(25-49)44(52)53/h3-4,8,11-13,18-20,22-23,33-34H,5-7,9-10,14-17,24-28H2,1-2H3,(H,50,51)(H,52,53)/t33-,34-/m0/s1. The lowest BCUT2D eigenvalue weighted by atomic mass is 9.93. The number of carboxylic acid groups (broad SMARTS) is 2. The molecule has 294 valence electrons. The van der Waals surface area contributed by atoms with E-state index >= 15 is 0 Å². The summed E-state index contributed by atoms with van der Waals surface area (Å²) in [6.07, 6.45) is 7.07. The number of hydrogen-bond donors (Lipinski definition) is 2. The molecule has 2 aliphatic heterocycles. The molecular formula is C44H49ClN4O7. The topological polar surface area (TPSA) is 145 Å². The van der Waals surface area contributed by atoms with Crippen LogP contribution in [-0.2, 0) is 29.3 Å². The van der Waals surface area contributed by atoms with Crippen molar-refractivity contribution < 1.29 is 34.0 Å². The summed E-state index contributed by atoms with van der Waals surface area (Å²) >= 11 is 6.86. The van der Waals surface area contributed by atoms with E-state index in [4.69, 9.17) is 25.8 Å². The fourth-order valence-electron chi connectivity index (χ4n) is 7.66. The van der Waals surface area contributed by atoms with Gasteiger partial charge in [0.05, 0.1) is 29.0 Å². The predicted octanol–water partition coefficient (Wildman–Crippen LogP) is 7.91. The number of hydrogen-bond acceptors (Lipinski definition) is 9. The van der Waals surface area contributed by atoms with Crippen molar-refractivity contribution in [3.63, 3.8) is 0 Å². The van der Waals surface area contributed by atoms with E-state index in [-0.39, 0.29) is 19.1 Å². The third-order valence-corrected chi connectivity index (χ3v) is 11.1. The Hall–Kier alpha value is -5.15. The molecule has 3 aromatic carbocycles. The fraction of sp³-hybridized carbons (Fsp3) is 0.409. The van der Waals surface area contributed by atoms with Gasteiger partial charge in [0.25, 0.3) is 0 Å². The van der Waals surface area contributed by atoms with Crippen LogP contribution in [0.5, 0.6) is 17.2 Å². The summed E-state index contributed by atoms with van der Waals surface area (Å²) in [7, 11) is 0. The van der Waals surface area contributed by atoms with Gasteiger partial charge in [-0.3, -0.25) is 19.5 Å². The first-order valence-electron chi connectivity index (χ1n) is 19.2. The third kappa shape index (κ3) is 10.4. The average Bonchev–Trinajstić information content (AvgIpc) is 3.20. The lowest BCUT2D eigenvalue weighted by Crippen LogP contribution is -2.39. The molecule has 2 N–H and O–H groups in total. The maximum atomic E-state index is 11.8. The summed E-state index contributed by atoms with van der Waals surface area (Å²) in [4.78, 5) is 31.7. The van der Waals surface area contributed by atoms with Gasteiger partial charge in [-0.15, -0.1) is 0 Å². The molecule has 0 radical (unpaired) electrons. The van der Waals surface area contributed by atoms with E-state index in [2.05, 4.69) is 46.8 Å². The highest BCUT2D eigenvalue weighted by molar-refractivity contribution is 6.32. The van der Waals surface area contributed by atoms with E-state index in [9.17, 15) is 25.1 Å². The van der Waals surface area contributed by atoms with Gasteiger partial charge in [0.2, 0.25) is 0 Å². The first-order valence-corrected chi connectivity index (χ1v) is 19.6. The van der Waals surface area contributed by atoms with E-state index in [0.717, 1.165) is 90.0 Å². The van der Waals surface area contributed by atoms with Gasteiger partial charge in [-0.2, -0.15) is 5.26 Å². The van der Waals surface area contributed by atoms with Crippen LogP contribution in [0.25, 0.3) is 11.1 Å². The zero-order chi connectivity index (χ0) is 39.6. The molecule has 3 heterocycles. The van der Waals surface area contributed by atoms with Crippen LogP contribution in [0.4, 0.5) is 0 Å². The number of aromatic nitrogens is 1. The number of aliphatic carboxylic acids is 2. The van der Waals surface area contributed by atoms with Crippen LogP contribution in [0.3, 0.4) is 0 Å². The Labute approximate surface area is 333 Å². The number of nitriles is 1. The Kier molecular flexibility index (Phi) is 13.8. The number of rotatable bonds is 16. The van der Waals surface area contributed by atoms with Crippen molar-refractivity contribution in [2.24, 2.45) is 11.8 Å². The maximum absolute atomic E-state index is 11.8. The van der Waals surface area contributed by atoms with Gasteiger partial charge in [0, 0.05) is 55.8 Å². The molecule has 0 saturated carbocycles. The molecular weight excluding hydrogens is 732 g/mol. The summed E-state index contributed by atoms with van der Waals surface area (Å²) in [6, 6.07) is 19.7. The van der Waals surface area contributed by atoms with E-state index in [1.165, 1.54) is 6.20 Å². The smallest absolute Gasteiger partial charge is 0.307 e. The minimum atomic E-state index is -0.785. The second-order valence-electron chi connectivity index (χ2n) is 14.8. The SMILES string of the molecule is Cc1c(COc2cc(OCc3cncc(C#N)c3)c(CN3CCC[C@H](C(=O)O)C3)cc2Cl)cccc1-c1cccc(OCCCN2CCC[C@H](C(=O)O)C2)c1C. The summed E-state index contributed by atoms with van der Waals surface area (Å²) < 4.78 is 19.0. The lowest BCUT2D eigenvalue weighted by Gasteiger charge is -2.31. The molecule has 0 amide bonds. The molecule has 0 bridgehead atoms. The first kappa shape index (κ1) is 40.5. The average molecular weight is 781 g/mol. The summed E-state index contributed by atoms with van der Waals surface area (Å²) in [5, 5.41) is 28.8. The van der Waals surface area contributed by atoms with Gasteiger partial charge < -0.3 is 29.3 Å². The van der Waals surface area contributed by atoms with Crippen LogP contribution in [0.2, 0.25) is 5.02 Å². The summed E-state index contributed by atoms with van der Waals surface area (Å²) in [5.41, 5.74) is 7.22. The van der Waals surface area contributed by atoms with Crippen molar-refractivity contribution in [1.29, 1.82) is 5.26 Å². The van der Waals surface area contributed by atoms with Crippen molar-refractivity contribution in [2.45, 2.75) is 65.7 Å². The molecule has 12 heteroatoms. The van der Waals surface area contributed by atoms with Crippen LogP contribution in [0.1, 0.15) is 65.5 Å². The number of carboxylic acids is 2. The summed E-state index contributed by atoms with van der Waals surface area (Å²) in [6.45, 7) is 9.13.